The van der Waals surface area contributed by atoms with Gasteiger partial charge >= 0.3 is 5.97 Å². The van der Waals surface area contributed by atoms with E-state index in [1.807, 2.05) is 31.2 Å². The van der Waals surface area contributed by atoms with Crippen molar-refractivity contribution in [2.24, 2.45) is 0 Å². The van der Waals surface area contributed by atoms with Gasteiger partial charge in [-0.05, 0) is 54.5 Å². The fourth-order valence-electron chi connectivity index (χ4n) is 3.22. The molecular weight excluding hydrogens is 335 g/mol. The number of esters is 1. The molecule has 3 nitrogen and oxygen atoms in total. The molecule has 2 aromatic rings. The predicted octanol–water partition coefficient (Wildman–Crippen LogP) is 4.45. The van der Waals surface area contributed by atoms with E-state index >= 15 is 0 Å². The molecule has 1 aliphatic heterocycles. The van der Waals surface area contributed by atoms with Crippen LogP contribution < -0.4 is 0 Å². The summed E-state index contributed by atoms with van der Waals surface area (Å²) in [6.07, 6.45) is 1.16. The Morgan fingerprint density at radius 2 is 2.04 bits per heavy atom. The molecule has 0 aromatic heterocycles. The van der Waals surface area contributed by atoms with Crippen LogP contribution in [0.1, 0.15) is 30.4 Å². The van der Waals surface area contributed by atoms with Crippen LogP contribution in [0.15, 0.2) is 24.3 Å². The zero-order valence-electron chi connectivity index (χ0n) is 12.8. The summed E-state index contributed by atoms with van der Waals surface area (Å²) in [5, 5.41) is 13.1. The topological polar surface area (TPSA) is 46.5 Å². The molecule has 0 saturated carbocycles. The Morgan fingerprint density at radius 1 is 1.26 bits per heavy atom. The first-order valence-corrected chi connectivity index (χ1v) is 8.44. The Hall–Kier alpha value is -1.29. The van der Waals surface area contributed by atoms with Gasteiger partial charge in [0, 0.05) is 21.9 Å². The number of halogens is 2. The highest BCUT2D eigenvalue weighted by Crippen LogP contribution is 2.33. The number of aliphatic hydroxyl groups excluding tert-OH is 1. The second kappa shape index (κ2) is 6.68. The third-order valence-corrected chi connectivity index (χ3v) is 4.88. The van der Waals surface area contributed by atoms with Crippen molar-refractivity contribution in [2.45, 2.75) is 44.8 Å². The molecule has 1 heterocycles. The van der Waals surface area contributed by atoms with Crippen LogP contribution in [0, 0.1) is 6.92 Å². The molecule has 5 heteroatoms. The van der Waals surface area contributed by atoms with E-state index in [0.717, 1.165) is 28.3 Å². The fourth-order valence-corrected chi connectivity index (χ4v) is 3.72. The van der Waals surface area contributed by atoms with Gasteiger partial charge in [-0.2, -0.15) is 0 Å². The zero-order valence-corrected chi connectivity index (χ0v) is 14.3. The molecule has 122 valence electrons. The number of ether oxygens (including phenoxy) is 1. The summed E-state index contributed by atoms with van der Waals surface area (Å²) in [5.41, 5.74) is 2.25. The predicted molar refractivity (Wildman–Crippen MR) is 92.1 cm³/mol. The zero-order chi connectivity index (χ0) is 16.6. The Kier molecular flexibility index (Phi) is 4.81. The summed E-state index contributed by atoms with van der Waals surface area (Å²) in [7, 11) is 0. The third kappa shape index (κ3) is 3.63. The highest BCUT2D eigenvalue weighted by atomic mass is 35.5. The first-order chi connectivity index (χ1) is 10.9. The fraction of sp³-hybridized carbons (Fsp3) is 0.389. The minimum atomic E-state index is -0.598. The minimum absolute atomic E-state index is 0.0923. The van der Waals surface area contributed by atoms with Crippen molar-refractivity contribution in [3.63, 3.8) is 0 Å². The second-order valence-corrected chi connectivity index (χ2v) is 6.93. The molecule has 0 spiro atoms. The van der Waals surface area contributed by atoms with Gasteiger partial charge in [-0.15, -0.1) is 0 Å². The van der Waals surface area contributed by atoms with E-state index in [1.165, 1.54) is 0 Å². The Balaban J connectivity index is 1.88. The molecule has 1 unspecified atom stereocenters. The number of hydrogen-bond donors (Lipinski definition) is 1. The molecule has 3 rings (SSSR count). The van der Waals surface area contributed by atoms with Crippen molar-refractivity contribution in [1.82, 2.24) is 0 Å². The van der Waals surface area contributed by atoms with Crippen LogP contribution in [0.5, 0.6) is 0 Å². The van der Waals surface area contributed by atoms with Gasteiger partial charge in [0.05, 0.1) is 12.5 Å². The molecule has 2 atom stereocenters. The lowest BCUT2D eigenvalue weighted by atomic mass is 9.93. The molecule has 2 aromatic carbocycles. The number of aliphatic hydroxyl groups is 1. The molecule has 1 saturated heterocycles. The number of rotatable bonds is 3. The lowest BCUT2D eigenvalue weighted by Crippen LogP contribution is -2.32. The van der Waals surface area contributed by atoms with Crippen molar-refractivity contribution in [3.8, 4) is 0 Å². The summed E-state index contributed by atoms with van der Waals surface area (Å²) < 4.78 is 5.33. The number of carbonyl (C=O) groups excluding carboxylic acids is 1. The molecule has 23 heavy (non-hydrogen) atoms. The van der Waals surface area contributed by atoms with Crippen molar-refractivity contribution in [1.29, 1.82) is 0 Å². The monoisotopic (exact) mass is 352 g/mol. The van der Waals surface area contributed by atoms with E-state index in [2.05, 4.69) is 0 Å². The Bertz CT molecular complexity index is 758. The average molecular weight is 353 g/mol. The first-order valence-electron chi connectivity index (χ1n) is 7.69. The smallest absolute Gasteiger partial charge is 0.308 e. The third-order valence-electron chi connectivity index (χ3n) is 4.33. The van der Waals surface area contributed by atoms with Gasteiger partial charge in [-0.25, -0.2) is 0 Å². The lowest BCUT2D eigenvalue weighted by Gasteiger charge is -2.26. The molecule has 1 aliphatic rings. The summed E-state index contributed by atoms with van der Waals surface area (Å²) >= 11 is 12.5. The number of benzene rings is 2. The summed E-state index contributed by atoms with van der Waals surface area (Å²) in [4.78, 5) is 11.4. The molecule has 0 amide bonds. The number of fused-ring (bicyclic) bond motifs is 1. The van der Waals surface area contributed by atoms with Crippen LogP contribution in [-0.2, 0) is 16.0 Å². The van der Waals surface area contributed by atoms with Crippen LogP contribution >= 0.6 is 23.2 Å². The highest BCUT2D eigenvalue weighted by Gasteiger charge is 2.27. The molecule has 1 fully saturated rings. The minimum Gasteiger partial charge on any atom is -0.462 e. The van der Waals surface area contributed by atoms with Crippen LogP contribution in [0.2, 0.25) is 10.0 Å². The van der Waals surface area contributed by atoms with Crippen LogP contribution in [-0.4, -0.2) is 23.3 Å². The first kappa shape index (κ1) is 16.6. The number of aryl methyl sites for hydroxylation is 2. The quantitative estimate of drug-likeness (QED) is 0.829. The molecular formula is C18H18Cl2O3. The Morgan fingerprint density at radius 3 is 2.78 bits per heavy atom. The van der Waals surface area contributed by atoms with Gasteiger partial charge in [0.15, 0.2) is 0 Å². The Labute approximate surface area is 145 Å². The van der Waals surface area contributed by atoms with Gasteiger partial charge in [0.2, 0.25) is 0 Å². The van der Waals surface area contributed by atoms with Gasteiger partial charge < -0.3 is 9.84 Å². The van der Waals surface area contributed by atoms with E-state index in [-0.39, 0.29) is 18.5 Å². The van der Waals surface area contributed by atoms with Gasteiger partial charge in [0.25, 0.3) is 0 Å². The van der Waals surface area contributed by atoms with E-state index < -0.39 is 6.10 Å². The SMILES string of the molecule is Cc1cc(Cl)c2ccc(Cl)cc2c1CCC1C[C@@H](O)CC(=O)O1. The van der Waals surface area contributed by atoms with Crippen molar-refractivity contribution in [2.75, 3.05) is 0 Å². The van der Waals surface area contributed by atoms with Crippen molar-refractivity contribution in [3.05, 3.63) is 45.4 Å². The van der Waals surface area contributed by atoms with Crippen molar-refractivity contribution >= 4 is 39.9 Å². The van der Waals surface area contributed by atoms with Crippen LogP contribution in [0.4, 0.5) is 0 Å². The second-order valence-electron chi connectivity index (χ2n) is 6.09. The van der Waals surface area contributed by atoms with Crippen LogP contribution in [0.3, 0.4) is 0 Å². The molecule has 0 bridgehead atoms. The molecule has 0 aliphatic carbocycles. The van der Waals surface area contributed by atoms with Gasteiger partial charge in [-0.1, -0.05) is 29.3 Å². The lowest BCUT2D eigenvalue weighted by molar-refractivity contribution is -0.160. The largest absolute Gasteiger partial charge is 0.462 e. The van der Waals surface area contributed by atoms with E-state index in [1.54, 1.807) is 0 Å². The number of carbonyl (C=O) groups is 1. The van der Waals surface area contributed by atoms with Crippen LogP contribution in [0.25, 0.3) is 10.8 Å². The highest BCUT2D eigenvalue weighted by molar-refractivity contribution is 6.36. The summed E-state index contributed by atoms with van der Waals surface area (Å²) in [6.45, 7) is 2.02. The normalized spacial score (nSPS) is 21.5. The van der Waals surface area contributed by atoms with Gasteiger partial charge in [0.1, 0.15) is 6.10 Å². The maximum atomic E-state index is 11.4. The molecule has 0 radical (unpaired) electrons. The molecule has 1 N–H and O–H groups in total. The van der Waals surface area contributed by atoms with E-state index in [9.17, 15) is 9.90 Å². The van der Waals surface area contributed by atoms with Gasteiger partial charge in [-0.3, -0.25) is 4.79 Å². The maximum absolute atomic E-state index is 11.4. The van der Waals surface area contributed by atoms with E-state index in [4.69, 9.17) is 27.9 Å². The van der Waals surface area contributed by atoms with E-state index in [0.29, 0.717) is 22.9 Å². The maximum Gasteiger partial charge on any atom is 0.308 e. The average Bonchev–Trinajstić information content (AvgIpc) is 2.45. The summed E-state index contributed by atoms with van der Waals surface area (Å²) in [6, 6.07) is 7.63. The summed E-state index contributed by atoms with van der Waals surface area (Å²) in [5.74, 6) is -0.325. The van der Waals surface area contributed by atoms with Crippen molar-refractivity contribution < 1.29 is 14.6 Å². The number of cyclic esters (lactones) is 1. The standard InChI is InChI=1S/C18H18Cl2O3/c1-10-6-17(20)15-4-2-11(19)7-16(15)14(10)5-3-13-8-12(21)9-18(22)23-13/h2,4,6-7,12-13,21H,3,5,8-9H2,1H3/t12-,13?/m1/s1. The number of hydrogen-bond acceptors (Lipinski definition) is 3.